The van der Waals surface area contributed by atoms with E-state index in [0.717, 1.165) is 5.56 Å². The largest absolute Gasteiger partial charge is 0.307 e. The number of likely N-dealkylation sites (tertiary alicyclic amines) is 1. The van der Waals surface area contributed by atoms with Crippen molar-refractivity contribution in [3.63, 3.8) is 0 Å². The molecule has 122 valence electrons. The predicted molar refractivity (Wildman–Crippen MR) is 84.7 cm³/mol. The van der Waals surface area contributed by atoms with Crippen molar-refractivity contribution in [2.75, 3.05) is 13.1 Å². The third kappa shape index (κ3) is 3.76. The van der Waals surface area contributed by atoms with Gasteiger partial charge in [-0.1, -0.05) is 42.5 Å². The smallest absolute Gasteiger partial charge is 0.297 e. The first-order chi connectivity index (χ1) is 10.9. The lowest BCUT2D eigenvalue weighted by Crippen LogP contribution is -2.26. The van der Waals surface area contributed by atoms with Crippen LogP contribution in [0.4, 0.5) is 8.28 Å². The van der Waals surface area contributed by atoms with Gasteiger partial charge >= 0.3 is 10.2 Å². The van der Waals surface area contributed by atoms with Gasteiger partial charge in [-0.3, -0.25) is 4.90 Å². The highest BCUT2D eigenvalue weighted by atomic mass is 32.3. The first kappa shape index (κ1) is 16.1. The van der Waals surface area contributed by atoms with Crippen molar-refractivity contribution >= 4 is 10.2 Å². The molecule has 0 spiro atoms. The number of rotatable bonds is 4. The Labute approximate surface area is 134 Å². The van der Waals surface area contributed by atoms with Crippen LogP contribution in [0.3, 0.4) is 0 Å². The highest BCUT2D eigenvalue weighted by Gasteiger charge is 2.42. The minimum Gasteiger partial charge on any atom is -0.297 e. The van der Waals surface area contributed by atoms with Gasteiger partial charge < -0.3 is 0 Å². The topological polar surface area (TPSA) is 37.4 Å². The summed E-state index contributed by atoms with van der Waals surface area (Å²) < 4.78 is 49.8. The number of hydrogen-bond acceptors (Lipinski definition) is 3. The second-order valence-corrected chi connectivity index (χ2v) is 7.41. The van der Waals surface area contributed by atoms with Crippen LogP contribution in [0, 0.1) is 5.82 Å². The van der Waals surface area contributed by atoms with Gasteiger partial charge in [0, 0.05) is 25.6 Å². The van der Waals surface area contributed by atoms with Crippen molar-refractivity contribution < 1.29 is 16.7 Å². The Bertz CT molecular complexity index is 763. The molecule has 1 heterocycles. The highest BCUT2D eigenvalue weighted by molar-refractivity contribution is 7.87. The van der Waals surface area contributed by atoms with E-state index >= 15 is 0 Å². The zero-order valence-electron chi connectivity index (χ0n) is 12.4. The highest BCUT2D eigenvalue weighted by Crippen LogP contribution is 2.33. The molecule has 0 aromatic heterocycles. The average molecular weight is 337 g/mol. The van der Waals surface area contributed by atoms with E-state index in [-0.39, 0.29) is 6.54 Å². The van der Waals surface area contributed by atoms with Crippen LogP contribution in [0.25, 0.3) is 0 Å². The van der Waals surface area contributed by atoms with Crippen molar-refractivity contribution in [2.24, 2.45) is 0 Å². The maximum Gasteiger partial charge on any atom is 0.307 e. The minimum atomic E-state index is -4.67. The molecule has 0 bridgehead atoms. The molecule has 0 unspecified atom stereocenters. The van der Waals surface area contributed by atoms with Gasteiger partial charge in [-0.25, -0.2) is 4.39 Å². The Morgan fingerprint density at radius 1 is 1.00 bits per heavy atom. The van der Waals surface area contributed by atoms with Gasteiger partial charge in [0.05, 0.1) is 0 Å². The van der Waals surface area contributed by atoms with E-state index < -0.39 is 27.2 Å². The van der Waals surface area contributed by atoms with E-state index in [1.165, 1.54) is 24.3 Å². The summed E-state index contributed by atoms with van der Waals surface area (Å²) in [5, 5.41) is -1.11. The van der Waals surface area contributed by atoms with Crippen LogP contribution in [0.15, 0.2) is 54.6 Å². The lowest BCUT2D eigenvalue weighted by molar-refractivity contribution is 0.326. The lowest BCUT2D eigenvalue weighted by atomic mass is 9.98. The summed E-state index contributed by atoms with van der Waals surface area (Å²) in [6.45, 7) is 1.12. The fourth-order valence-electron chi connectivity index (χ4n) is 3.14. The molecule has 0 amide bonds. The normalized spacial score (nSPS) is 22.3. The molecule has 23 heavy (non-hydrogen) atoms. The summed E-state index contributed by atoms with van der Waals surface area (Å²) in [7, 11) is -4.67. The SMILES string of the molecule is O=S(=O)(F)[C@@H]1CN(Cc2ccccc2)C[C@H]1c1ccc(F)cc1. The first-order valence-electron chi connectivity index (χ1n) is 7.39. The Morgan fingerprint density at radius 3 is 2.26 bits per heavy atom. The predicted octanol–water partition coefficient (Wildman–Crippen LogP) is 3.09. The maximum absolute atomic E-state index is 13.7. The Balaban J connectivity index is 1.84. The monoisotopic (exact) mass is 337 g/mol. The van der Waals surface area contributed by atoms with Crippen LogP contribution >= 0.6 is 0 Å². The summed E-state index contributed by atoms with van der Waals surface area (Å²) in [5.41, 5.74) is 1.69. The lowest BCUT2D eigenvalue weighted by Gasteiger charge is -2.16. The van der Waals surface area contributed by atoms with Gasteiger partial charge in [-0.05, 0) is 23.3 Å². The van der Waals surface area contributed by atoms with E-state index in [1.807, 2.05) is 35.2 Å². The molecule has 1 aliphatic heterocycles. The van der Waals surface area contributed by atoms with E-state index in [2.05, 4.69) is 0 Å². The van der Waals surface area contributed by atoms with E-state index in [1.54, 1.807) is 0 Å². The molecule has 2 aromatic rings. The fourth-order valence-corrected chi connectivity index (χ4v) is 4.16. The fraction of sp³-hybridized carbons (Fsp3) is 0.294. The average Bonchev–Trinajstić information content (AvgIpc) is 2.93. The molecule has 0 saturated carbocycles. The van der Waals surface area contributed by atoms with Gasteiger partial charge in [0.25, 0.3) is 0 Å². The molecule has 2 aromatic carbocycles. The summed E-state index contributed by atoms with van der Waals surface area (Å²) in [4.78, 5) is 1.92. The molecule has 1 aliphatic rings. The molecular formula is C17H17F2NO2S. The summed E-state index contributed by atoms with van der Waals surface area (Å²) in [5.74, 6) is -0.887. The van der Waals surface area contributed by atoms with Gasteiger partial charge in [0.2, 0.25) is 0 Å². The quantitative estimate of drug-likeness (QED) is 0.805. The van der Waals surface area contributed by atoms with Gasteiger partial charge in [0.15, 0.2) is 0 Å². The van der Waals surface area contributed by atoms with E-state index in [0.29, 0.717) is 18.7 Å². The van der Waals surface area contributed by atoms with Gasteiger partial charge in [-0.15, -0.1) is 3.89 Å². The minimum absolute atomic E-state index is 0.135. The molecule has 2 atom stereocenters. The summed E-state index contributed by atoms with van der Waals surface area (Å²) >= 11 is 0. The van der Waals surface area contributed by atoms with Crippen LogP contribution in [0.5, 0.6) is 0 Å². The van der Waals surface area contributed by atoms with Crippen molar-refractivity contribution in [1.29, 1.82) is 0 Å². The van der Waals surface area contributed by atoms with Crippen molar-refractivity contribution in [3.8, 4) is 0 Å². The third-order valence-electron chi connectivity index (χ3n) is 4.25. The Hall–Kier alpha value is -1.79. The van der Waals surface area contributed by atoms with Crippen LogP contribution < -0.4 is 0 Å². The second-order valence-electron chi connectivity index (χ2n) is 5.85. The number of halogens is 2. The first-order valence-corrected chi connectivity index (χ1v) is 8.83. The molecule has 1 fully saturated rings. The molecular weight excluding hydrogens is 320 g/mol. The van der Waals surface area contributed by atoms with Crippen molar-refractivity contribution in [2.45, 2.75) is 17.7 Å². The van der Waals surface area contributed by atoms with E-state index in [9.17, 15) is 16.7 Å². The molecule has 0 N–H and O–H groups in total. The molecule has 0 radical (unpaired) electrons. The van der Waals surface area contributed by atoms with Crippen molar-refractivity contribution in [3.05, 3.63) is 71.5 Å². The molecule has 6 heteroatoms. The van der Waals surface area contributed by atoms with E-state index in [4.69, 9.17) is 0 Å². The van der Waals surface area contributed by atoms with Crippen LogP contribution in [-0.2, 0) is 16.8 Å². The standard InChI is InChI=1S/C17H17F2NO2S/c18-15-8-6-14(7-9-15)16-11-20(12-17(16)23(19,21)22)10-13-4-2-1-3-5-13/h1-9,16-17H,10-12H2/t16-,17+/m0/s1. The molecule has 0 aliphatic carbocycles. The zero-order chi connectivity index (χ0) is 16.4. The second kappa shape index (κ2) is 6.37. The summed E-state index contributed by atoms with van der Waals surface area (Å²) in [6.07, 6.45) is 0. The van der Waals surface area contributed by atoms with Crippen molar-refractivity contribution in [1.82, 2.24) is 4.90 Å². The van der Waals surface area contributed by atoms with Crippen LogP contribution in [-0.4, -0.2) is 31.7 Å². The van der Waals surface area contributed by atoms with Gasteiger partial charge in [-0.2, -0.15) is 8.42 Å². The Kier molecular flexibility index (Phi) is 4.46. The summed E-state index contributed by atoms with van der Waals surface area (Å²) in [6, 6.07) is 15.2. The number of benzene rings is 2. The number of nitrogens with zero attached hydrogens (tertiary/aromatic N) is 1. The Morgan fingerprint density at radius 2 is 1.65 bits per heavy atom. The molecule has 1 saturated heterocycles. The molecule has 3 rings (SSSR count). The third-order valence-corrected chi connectivity index (χ3v) is 5.45. The maximum atomic E-state index is 13.7. The van der Waals surface area contributed by atoms with Crippen LogP contribution in [0.2, 0.25) is 0 Å². The number of hydrogen-bond donors (Lipinski definition) is 0. The zero-order valence-corrected chi connectivity index (χ0v) is 13.2. The van der Waals surface area contributed by atoms with Gasteiger partial charge in [0.1, 0.15) is 11.1 Å². The molecule has 3 nitrogen and oxygen atoms in total. The van der Waals surface area contributed by atoms with Crippen LogP contribution in [0.1, 0.15) is 17.0 Å².